The molecule has 1 N–H and O–H groups in total. The van der Waals surface area contributed by atoms with E-state index in [4.69, 9.17) is 4.74 Å². The Labute approximate surface area is 128 Å². The number of hydrogen-bond acceptors (Lipinski definition) is 5. The number of nitrogens with zero attached hydrogens (tertiary/aromatic N) is 2. The zero-order chi connectivity index (χ0) is 15.4. The molecule has 2 aromatic rings. The largest absolute Gasteiger partial charge is 0.481 e. The van der Waals surface area contributed by atoms with Crippen LogP contribution in [-0.4, -0.2) is 22.2 Å². The van der Waals surface area contributed by atoms with Crippen LogP contribution in [0.25, 0.3) is 0 Å². The molecule has 0 aliphatic carbocycles. The first kappa shape index (κ1) is 15.4. The summed E-state index contributed by atoms with van der Waals surface area (Å²) in [6.07, 6.45) is 0.211. The lowest BCUT2D eigenvalue weighted by atomic mass is 10.1. The van der Waals surface area contributed by atoms with Gasteiger partial charge in [-0.3, -0.25) is 10.1 Å². The average molecular weight is 305 g/mol. The maximum Gasteiger partial charge on any atom is 0.266 e. The zero-order valence-corrected chi connectivity index (χ0v) is 13.5. The number of ether oxygens (including phenoxy) is 1. The van der Waals surface area contributed by atoms with Crippen LogP contribution in [0, 0.1) is 13.8 Å². The quantitative estimate of drug-likeness (QED) is 0.922. The molecule has 0 bridgehead atoms. The van der Waals surface area contributed by atoms with E-state index in [9.17, 15) is 4.79 Å². The van der Waals surface area contributed by atoms with Gasteiger partial charge in [-0.1, -0.05) is 36.0 Å². The van der Waals surface area contributed by atoms with Crippen LogP contribution in [-0.2, 0) is 11.2 Å². The van der Waals surface area contributed by atoms with Gasteiger partial charge in [-0.2, -0.15) is 0 Å². The first-order valence-electron chi connectivity index (χ1n) is 6.86. The molecule has 0 saturated carbocycles. The van der Waals surface area contributed by atoms with Crippen molar-refractivity contribution in [2.75, 3.05) is 5.32 Å². The minimum absolute atomic E-state index is 0.228. The molecule has 112 valence electrons. The molecular formula is C15H19N3O2S. The normalized spacial score (nSPS) is 12.0. The van der Waals surface area contributed by atoms with Gasteiger partial charge >= 0.3 is 0 Å². The first-order chi connectivity index (χ1) is 9.99. The van der Waals surface area contributed by atoms with Crippen LogP contribution in [0.5, 0.6) is 5.75 Å². The first-order valence-corrected chi connectivity index (χ1v) is 7.68. The molecule has 1 amide bonds. The van der Waals surface area contributed by atoms with E-state index in [1.54, 1.807) is 6.92 Å². The minimum Gasteiger partial charge on any atom is -0.481 e. The molecule has 0 spiro atoms. The van der Waals surface area contributed by atoms with Crippen molar-refractivity contribution in [3.8, 4) is 5.75 Å². The third-order valence-electron chi connectivity index (χ3n) is 3.00. The number of carbonyl (C=O) groups excluding carboxylic acids is 1. The van der Waals surface area contributed by atoms with Crippen LogP contribution < -0.4 is 10.1 Å². The highest BCUT2D eigenvalue weighted by Gasteiger charge is 2.17. The summed E-state index contributed by atoms with van der Waals surface area (Å²) in [5.41, 5.74) is 2.18. The summed E-state index contributed by atoms with van der Waals surface area (Å²) in [5.74, 6) is 0.489. The topological polar surface area (TPSA) is 64.1 Å². The third kappa shape index (κ3) is 4.01. The van der Waals surface area contributed by atoms with E-state index in [0.717, 1.165) is 28.3 Å². The molecular weight excluding hydrogens is 286 g/mol. The zero-order valence-electron chi connectivity index (χ0n) is 12.6. The SMILES string of the molecule is CCc1nnc(NC(=O)[C@H](C)Oc2ccc(C)cc2C)s1. The second-order valence-corrected chi connectivity index (χ2v) is 5.93. The molecule has 0 radical (unpaired) electrons. The number of aryl methyl sites for hydroxylation is 3. The summed E-state index contributed by atoms with van der Waals surface area (Å²) in [4.78, 5) is 12.1. The highest BCUT2D eigenvalue weighted by molar-refractivity contribution is 7.15. The van der Waals surface area contributed by atoms with Gasteiger partial charge in [-0.15, -0.1) is 10.2 Å². The molecule has 1 atom stereocenters. The highest BCUT2D eigenvalue weighted by atomic mass is 32.1. The molecule has 5 nitrogen and oxygen atoms in total. The number of benzene rings is 1. The number of carbonyl (C=O) groups is 1. The van der Waals surface area contributed by atoms with E-state index in [1.165, 1.54) is 11.3 Å². The summed E-state index contributed by atoms with van der Waals surface area (Å²) < 4.78 is 5.71. The van der Waals surface area contributed by atoms with Crippen molar-refractivity contribution in [2.45, 2.75) is 40.2 Å². The maximum absolute atomic E-state index is 12.1. The standard InChI is InChI=1S/C15H19N3O2S/c1-5-13-17-18-15(21-13)16-14(19)11(4)20-12-7-6-9(2)8-10(12)3/h6-8,11H,5H2,1-4H3,(H,16,18,19)/t11-/m0/s1. The van der Waals surface area contributed by atoms with Crippen molar-refractivity contribution in [3.63, 3.8) is 0 Å². The van der Waals surface area contributed by atoms with Crippen molar-refractivity contribution in [1.82, 2.24) is 10.2 Å². The van der Waals surface area contributed by atoms with Crippen molar-refractivity contribution < 1.29 is 9.53 Å². The monoisotopic (exact) mass is 305 g/mol. The molecule has 0 saturated heterocycles. The van der Waals surface area contributed by atoms with Crippen LogP contribution in [0.4, 0.5) is 5.13 Å². The second-order valence-electron chi connectivity index (χ2n) is 4.87. The van der Waals surface area contributed by atoms with Gasteiger partial charge in [0.15, 0.2) is 6.10 Å². The van der Waals surface area contributed by atoms with Crippen molar-refractivity contribution in [1.29, 1.82) is 0 Å². The van der Waals surface area contributed by atoms with Gasteiger partial charge < -0.3 is 4.74 Å². The minimum atomic E-state index is -0.597. The number of amides is 1. The second kappa shape index (κ2) is 6.67. The Morgan fingerprint density at radius 1 is 1.38 bits per heavy atom. The van der Waals surface area contributed by atoms with E-state index in [0.29, 0.717) is 5.13 Å². The fourth-order valence-electron chi connectivity index (χ4n) is 1.83. The molecule has 0 aliphatic heterocycles. The number of aromatic nitrogens is 2. The smallest absolute Gasteiger partial charge is 0.266 e. The van der Waals surface area contributed by atoms with Gasteiger partial charge in [-0.05, 0) is 38.8 Å². The molecule has 0 fully saturated rings. The van der Waals surface area contributed by atoms with Crippen molar-refractivity contribution in [2.24, 2.45) is 0 Å². The Morgan fingerprint density at radius 3 is 2.76 bits per heavy atom. The predicted octanol–water partition coefficient (Wildman–Crippen LogP) is 3.12. The Hall–Kier alpha value is -1.95. The fraction of sp³-hybridized carbons (Fsp3) is 0.400. The lowest BCUT2D eigenvalue weighted by Crippen LogP contribution is -2.30. The van der Waals surface area contributed by atoms with Gasteiger partial charge in [0.2, 0.25) is 5.13 Å². The highest BCUT2D eigenvalue weighted by Crippen LogP contribution is 2.21. The number of rotatable bonds is 5. The molecule has 0 aliphatic rings. The number of anilines is 1. The summed E-state index contributed by atoms with van der Waals surface area (Å²) >= 11 is 1.38. The fourth-order valence-corrected chi connectivity index (χ4v) is 2.51. The lowest BCUT2D eigenvalue weighted by Gasteiger charge is -2.15. The molecule has 21 heavy (non-hydrogen) atoms. The Kier molecular flexibility index (Phi) is 4.90. The van der Waals surface area contributed by atoms with E-state index in [2.05, 4.69) is 15.5 Å². The van der Waals surface area contributed by atoms with Crippen LogP contribution >= 0.6 is 11.3 Å². The van der Waals surface area contributed by atoms with E-state index in [-0.39, 0.29) is 5.91 Å². The van der Waals surface area contributed by atoms with Crippen molar-refractivity contribution in [3.05, 3.63) is 34.3 Å². The summed E-state index contributed by atoms with van der Waals surface area (Å²) in [6, 6.07) is 5.87. The van der Waals surface area contributed by atoms with Crippen molar-refractivity contribution >= 4 is 22.4 Å². The Balaban J connectivity index is 1.98. The molecule has 0 unspecified atom stereocenters. The van der Waals surface area contributed by atoms with E-state index < -0.39 is 6.10 Å². The summed E-state index contributed by atoms with van der Waals surface area (Å²) in [5, 5.41) is 12.0. The Morgan fingerprint density at radius 2 is 2.14 bits per heavy atom. The van der Waals surface area contributed by atoms with Gasteiger partial charge in [0.1, 0.15) is 10.8 Å². The average Bonchev–Trinajstić information content (AvgIpc) is 2.89. The lowest BCUT2D eigenvalue weighted by molar-refractivity contribution is -0.122. The predicted molar refractivity (Wildman–Crippen MR) is 83.9 cm³/mol. The molecule has 1 aromatic heterocycles. The van der Waals surface area contributed by atoms with Gasteiger partial charge in [0.05, 0.1) is 0 Å². The van der Waals surface area contributed by atoms with E-state index >= 15 is 0 Å². The number of nitrogens with one attached hydrogen (secondary N) is 1. The number of hydrogen-bond donors (Lipinski definition) is 1. The van der Waals surface area contributed by atoms with Gasteiger partial charge in [-0.25, -0.2) is 0 Å². The maximum atomic E-state index is 12.1. The summed E-state index contributed by atoms with van der Waals surface area (Å²) in [7, 11) is 0. The molecule has 6 heteroatoms. The third-order valence-corrected chi connectivity index (χ3v) is 3.99. The summed E-state index contributed by atoms with van der Waals surface area (Å²) in [6.45, 7) is 7.70. The molecule has 2 rings (SSSR count). The van der Waals surface area contributed by atoms with Gasteiger partial charge in [0, 0.05) is 0 Å². The van der Waals surface area contributed by atoms with Gasteiger partial charge in [0.25, 0.3) is 5.91 Å². The van der Waals surface area contributed by atoms with E-state index in [1.807, 2.05) is 39.0 Å². The molecule has 1 aromatic carbocycles. The Bertz CT molecular complexity index is 640. The van der Waals surface area contributed by atoms with Crippen LogP contribution in [0.15, 0.2) is 18.2 Å². The molecule has 1 heterocycles. The van der Waals surface area contributed by atoms with Crippen LogP contribution in [0.3, 0.4) is 0 Å². The van der Waals surface area contributed by atoms with Crippen LogP contribution in [0.1, 0.15) is 30.0 Å². The van der Waals surface area contributed by atoms with Crippen LogP contribution in [0.2, 0.25) is 0 Å².